The molecule has 0 radical (unpaired) electrons. The standard InChI is InChI=1S/C27H46.C3H6/c1-6-9-16-27(13-7-2)24(5)19-22-25(8-3)14-11-10-12-15-26-20-17-23(4)18-21-26;1-3-2/h8,10,12,19,22-23,26-27H,5-7,9,11,13-18,20-21H2,1-4H3;3H,1H2,2H3/b12-10-,22-19-,25-8-;. The summed E-state index contributed by atoms with van der Waals surface area (Å²) >= 11 is 0. The maximum Gasteiger partial charge on any atom is -0.0168 e. The van der Waals surface area contributed by atoms with Gasteiger partial charge in [-0.3, -0.25) is 0 Å². The average Bonchev–Trinajstić information content (AvgIpc) is 2.74. The number of rotatable bonds is 13. The predicted octanol–water partition coefficient (Wildman–Crippen LogP) is 10.4. The largest absolute Gasteiger partial charge is 0.103 e. The van der Waals surface area contributed by atoms with Crippen molar-refractivity contribution in [3.8, 4) is 0 Å². The van der Waals surface area contributed by atoms with Crippen molar-refractivity contribution in [2.24, 2.45) is 17.8 Å². The molecule has 0 amide bonds. The first-order valence-corrected chi connectivity index (χ1v) is 12.8. The fraction of sp³-hybridized carbons (Fsp3) is 0.667. The molecule has 0 aromatic carbocycles. The van der Waals surface area contributed by atoms with Crippen molar-refractivity contribution < 1.29 is 0 Å². The SMILES string of the molecule is C=C(/C=C\C(=C/C)CC/C=C\CC1CCC(C)CC1)C(CCC)CCCC.C=CC. The van der Waals surface area contributed by atoms with E-state index in [4.69, 9.17) is 0 Å². The van der Waals surface area contributed by atoms with Gasteiger partial charge in [-0.05, 0) is 76.5 Å². The molecule has 0 aliphatic heterocycles. The summed E-state index contributed by atoms with van der Waals surface area (Å²) in [6.45, 7) is 18.8. The summed E-state index contributed by atoms with van der Waals surface area (Å²) < 4.78 is 0. The van der Waals surface area contributed by atoms with Crippen LogP contribution in [0.25, 0.3) is 0 Å². The molecule has 0 saturated heterocycles. The third-order valence-corrected chi connectivity index (χ3v) is 6.32. The molecule has 1 unspecified atom stereocenters. The Bertz CT molecular complexity index is 508. The molecule has 172 valence electrons. The molecule has 0 spiro atoms. The normalized spacial score (nSPS) is 20.8. The van der Waals surface area contributed by atoms with E-state index in [0.717, 1.165) is 24.7 Å². The zero-order chi connectivity index (χ0) is 22.6. The Morgan fingerprint density at radius 3 is 2.20 bits per heavy atom. The molecule has 0 aromatic heterocycles. The first-order chi connectivity index (χ1) is 14.5. The third-order valence-electron chi connectivity index (χ3n) is 6.32. The van der Waals surface area contributed by atoms with Gasteiger partial charge in [0, 0.05) is 0 Å². The summed E-state index contributed by atoms with van der Waals surface area (Å²) in [6.07, 6.45) is 29.2. The maximum atomic E-state index is 4.37. The van der Waals surface area contributed by atoms with E-state index >= 15 is 0 Å². The molecule has 30 heavy (non-hydrogen) atoms. The van der Waals surface area contributed by atoms with Crippen molar-refractivity contribution >= 4 is 0 Å². The molecular weight excluding hydrogens is 360 g/mol. The van der Waals surface area contributed by atoms with Crippen LogP contribution in [0.4, 0.5) is 0 Å². The smallest absolute Gasteiger partial charge is 0.0168 e. The minimum absolute atomic E-state index is 0.669. The van der Waals surface area contributed by atoms with Crippen LogP contribution in [0.2, 0.25) is 0 Å². The van der Waals surface area contributed by atoms with Gasteiger partial charge in [0.2, 0.25) is 0 Å². The molecular formula is C30H52. The minimum atomic E-state index is 0.669. The van der Waals surface area contributed by atoms with Gasteiger partial charge in [-0.25, -0.2) is 0 Å². The van der Waals surface area contributed by atoms with Crippen molar-refractivity contribution in [2.45, 2.75) is 112 Å². The first-order valence-electron chi connectivity index (χ1n) is 12.8. The Kier molecular flexibility index (Phi) is 18.8. The van der Waals surface area contributed by atoms with Crippen LogP contribution in [0.1, 0.15) is 112 Å². The molecule has 0 heterocycles. The highest BCUT2D eigenvalue weighted by Gasteiger charge is 2.16. The van der Waals surface area contributed by atoms with Gasteiger partial charge in [-0.1, -0.05) is 107 Å². The van der Waals surface area contributed by atoms with E-state index in [0.29, 0.717) is 5.92 Å². The van der Waals surface area contributed by atoms with E-state index in [1.165, 1.54) is 75.4 Å². The van der Waals surface area contributed by atoms with Gasteiger partial charge in [-0.15, -0.1) is 6.58 Å². The second-order valence-electron chi connectivity index (χ2n) is 9.18. The molecule has 1 saturated carbocycles. The van der Waals surface area contributed by atoms with Crippen LogP contribution in [0.3, 0.4) is 0 Å². The van der Waals surface area contributed by atoms with Crippen LogP contribution in [0.15, 0.2) is 60.8 Å². The highest BCUT2D eigenvalue weighted by atomic mass is 14.2. The van der Waals surface area contributed by atoms with Gasteiger partial charge in [0.05, 0.1) is 0 Å². The number of allylic oxidation sites excluding steroid dienone is 8. The topological polar surface area (TPSA) is 0 Å². The summed E-state index contributed by atoms with van der Waals surface area (Å²) in [5, 5.41) is 0. The summed E-state index contributed by atoms with van der Waals surface area (Å²) in [5.41, 5.74) is 2.77. The molecule has 1 atom stereocenters. The lowest BCUT2D eigenvalue weighted by atomic mass is 9.81. The van der Waals surface area contributed by atoms with Crippen molar-refractivity contribution in [1.29, 1.82) is 0 Å². The van der Waals surface area contributed by atoms with Crippen molar-refractivity contribution in [3.63, 3.8) is 0 Å². The predicted molar refractivity (Wildman–Crippen MR) is 140 cm³/mol. The van der Waals surface area contributed by atoms with Crippen molar-refractivity contribution in [1.82, 2.24) is 0 Å². The molecule has 0 N–H and O–H groups in total. The number of unbranched alkanes of at least 4 members (excludes halogenated alkanes) is 1. The van der Waals surface area contributed by atoms with Gasteiger partial charge in [0.25, 0.3) is 0 Å². The Balaban J connectivity index is 0.00000263. The van der Waals surface area contributed by atoms with E-state index in [2.05, 4.69) is 71.2 Å². The van der Waals surface area contributed by atoms with E-state index in [-0.39, 0.29) is 0 Å². The molecule has 1 rings (SSSR count). The Hall–Kier alpha value is -1.30. The van der Waals surface area contributed by atoms with Gasteiger partial charge < -0.3 is 0 Å². The number of hydrogen-bond acceptors (Lipinski definition) is 0. The van der Waals surface area contributed by atoms with Crippen LogP contribution < -0.4 is 0 Å². The lowest BCUT2D eigenvalue weighted by Gasteiger charge is -2.25. The van der Waals surface area contributed by atoms with Gasteiger partial charge in [0.15, 0.2) is 0 Å². The first kappa shape index (κ1) is 28.7. The van der Waals surface area contributed by atoms with Crippen LogP contribution >= 0.6 is 0 Å². The summed E-state index contributed by atoms with van der Waals surface area (Å²) in [5.74, 6) is 2.57. The van der Waals surface area contributed by atoms with Gasteiger partial charge in [0.1, 0.15) is 0 Å². The van der Waals surface area contributed by atoms with Gasteiger partial charge in [-0.2, -0.15) is 0 Å². The second-order valence-corrected chi connectivity index (χ2v) is 9.18. The molecule has 0 heteroatoms. The quantitative estimate of drug-likeness (QED) is 0.208. The van der Waals surface area contributed by atoms with Crippen LogP contribution in [0, 0.1) is 17.8 Å². The van der Waals surface area contributed by atoms with E-state index in [1.807, 2.05) is 6.92 Å². The second kappa shape index (κ2) is 19.7. The fourth-order valence-electron chi connectivity index (χ4n) is 4.21. The zero-order valence-corrected chi connectivity index (χ0v) is 21.1. The van der Waals surface area contributed by atoms with E-state index in [9.17, 15) is 0 Å². The van der Waals surface area contributed by atoms with Crippen LogP contribution in [-0.2, 0) is 0 Å². The summed E-state index contributed by atoms with van der Waals surface area (Å²) in [6, 6.07) is 0. The highest BCUT2D eigenvalue weighted by Crippen LogP contribution is 2.30. The fourth-order valence-corrected chi connectivity index (χ4v) is 4.21. The summed E-state index contributed by atoms with van der Waals surface area (Å²) in [4.78, 5) is 0. The lowest BCUT2D eigenvalue weighted by Crippen LogP contribution is -2.11. The third kappa shape index (κ3) is 14.6. The Morgan fingerprint density at radius 1 is 0.967 bits per heavy atom. The summed E-state index contributed by atoms with van der Waals surface area (Å²) in [7, 11) is 0. The molecule has 1 aliphatic carbocycles. The molecule has 1 aliphatic rings. The van der Waals surface area contributed by atoms with Crippen LogP contribution in [0.5, 0.6) is 0 Å². The minimum Gasteiger partial charge on any atom is -0.103 e. The van der Waals surface area contributed by atoms with Crippen molar-refractivity contribution in [3.05, 3.63) is 60.8 Å². The molecule has 0 aromatic rings. The van der Waals surface area contributed by atoms with Crippen molar-refractivity contribution in [2.75, 3.05) is 0 Å². The Morgan fingerprint density at radius 2 is 1.63 bits per heavy atom. The van der Waals surface area contributed by atoms with E-state index < -0.39 is 0 Å². The number of hydrogen-bond donors (Lipinski definition) is 0. The Labute approximate surface area is 190 Å². The maximum absolute atomic E-state index is 4.37. The zero-order valence-electron chi connectivity index (χ0n) is 21.1. The molecule has 0 bridgehead atoms. The molecule has 1 fully saturated rings. The van der Waals surface area contributed by atoms with Crippen LogP contribution in [-0.4, -0.2) is 0 Å². The van der Waals surface area contributed by atoms with E-state index in [1.54, 1.807) is 6.08 Å². The lowest BCUT2D eigenvalue weighted by molar-refractivity contribution is 0.292. The highest BCUT2D eigenvalue weighted by molar-refractivity contribution is 5.27. The van der Waals surface area contributed by atoms with Gasteiger partial charge >= 0.3 is 0 Å². The monoisotopic (exact) mass is 412 g/mol. The molecule has 0 nitrogen and oxygen atoms in total. The average molecular weight is 413 g/mol.